The van der Waals surface area contributed by atoms with Gasteiger partial charge in [0.25, 0.3) is 5.91 Å². The van der Waals surface area contributed by atoms with Gasteiger partial charge in [0.2, 0.25) is 0 Å². The van der Waals surface area contributed by atoms with Gasteiger partial charge in [-0.2, -0.15) is 18.4 Å². The second kappa shape index (κ2) is 7.27. The number of carboxylic acid groups (broad SMARTS) is 1. The average molecular weight is 460 g/mol. The van der Waals surface area contributed by atoms with Crippen molar-refractivity contribution in [2.24, 2.45) is 0 Å². The molecule has 1 spiro atoms. The molecular weight excluding hydrogens is 445 g/mol. The Balaban J connectivity index is 1.82. The summed E-state index contributed by atoms with van der Waals surface area (Å²) in [4.78, 5) is 30.9. The Labute approximate surface area is 185 Å². The van der Waals surface area contributed by atoms with Crippen LogP contribution < -0.4 is 9.80 Å². The summed E-state index contributed by atoms with van der Waals surface area (Å²) in [6.45, 7) is 1.61. The monoisotopic (exact) mass is 460 g/mol. The SMILES string of the molecule is Cc1cc(N2C(=S)N(c3cnc(C#N)c(C(F)(F)F)c3)C(=O)C23CCC3)ccc1C(=O)O. The number of nitrogens with zero attached hydrogens (tertiary/aromatic N) is 4. The Kier molecular flexibility index (Phi) is 4.93. The first-order valence-electron chi connectivity index (χ1n) is 9.51. The van der Waals surface area contributed by atoms with Crippen LogP contribution in [-0.4, -0.2) is 32.6 Å². The molecule has 32 heavy (non-hydrogen) atoms. The van der Waals surface area contributed by atoms with Crippen LogP contribution in [0.15, 0.2) is 30.5 Å². The van der Waals surface area contributed by atoms with E-state index in [1.807, 2.05) is 0 Å². The van der Waals surface area contributed by atoms with Gasteiger partial charge in [-0.3, -0.25) is 9.69 Å². The molecule has 0 atom stereocenters. The number of hydrogen-bond acceptors (Lipinski definition) is 5. The second-order valence-electron chi connectivity index (χ2n) is 7.65. The molecule has 1 aliphatic heterocycles. The lowest BCUT2D eigenvalue weighted by atomic mass is 9.75. The third-order valence-corrected chi connectivity index (χ3v) is 6.20. The summed E-state index contributed by atoms with van der Waals surface area (Å²) in [7, 11) is 0. The molecule has 1 saturated carbocycles. The van der Waals surface area contributed by atoms with Crippen molar-refractivity contribution in [1.82, 2.24) is 4.98 Å². The van der Waals surface area contributed by atoms with Gasteiger partial charge in [-0.25, -0.2) is 9.78 Å². The smallest absolute Gasteiger partial charge is 0.419 e. The van der Waals surface area contributed by atoms with Gasteiger partial charge >= 0.3 is 12.1 Å². The van der Waals surface area contributed by atoms with Gasteiger partial charge in [0.1, 0.15) is 11.6 Å². The number of amides is 1. The predicted octanol–water partition coefficient (Wildman–Crippen LogP) is 4.04. The molecular formula is C21H15F3N4O3S. The Morgan fingerprint density at radius 3 is 2.47 bits per heavy atom. The molecule has 2 aromatic rings. The first-order chi connectivity index (χ1) is 15.0. The zero-order valence-electron chi connectivity index (χ0n) is 16.6. The van der Waals surface area contributed by atoms with E-state index in [-0.39, 0.29) is 16.4 Å². The topological polar surface area (TPSA) is 97.5 Å². The summed E-state index contributed by atoms with van der Waals surface area (Å²) in [6.07, 6.45) is -2.21. The molecule has 164 valence electrons. The summed E-state index contributed by atoms with van der Waals surface area (Å²) in [5.41, 5.74) is -2.26. The van der Waals surface area contributed by atoms with Crippen molar-refractivity contribution in [3.63, 3.8) is 0 Å². The first-order valence-corrected chi connectivity index (χ1v) is 9.92. The van der Waals surface area contributed by atoms with E-state index in [2.05, 4.69) is 4.98 Å². The van der Waals surface area contributed by atoms with Crippen molar-refractivity contribution < 1.29 is 27.9 Å². The summed E-state index contributed by atoms with van der Waals surface area (Å²) >= 11 is 5.52. The number of rotatable bonds is 3. The molecule has 2 fully saturated rings. The minimum absolute atomic E-state index is 0.0307. The van der Waals surface area contributed by atoms with Gasteiger partial charge in [-0.15, -0.1) is 0 Å². The summed E-state index contributed by atoms with van der Waals surface area (Å²) in [6, 6.07) is 6.63. The first kappa shape index (κ1) is 21.7. The fraction of sp³-hybridized carbons (Fsp3) is 0.286. The fourth-order valence-electron chi connectivity index (χ4n) is 4.12. The van der Waals surface area contributed by atoms with Crippen molar-refractivity contribution in [1.29, 1.82) is 5.26 Å². The Morgan fingerprint density at radius 1 is 1.28 bits per heavy atom. The highest BCUT2D eigenvalue weighted by molar-refractivity contribution is 7.81. The molecule has 2 aliphatic rings. The van der Waals surface area contributed by atoms with Crippen LogP contribution in [0.5, 0.6) is 0 Å². The number of anilines is 2. The number of nitriles is 1. The van der Waals surface area contributed by atoms with Crippen LogP contribution in [0.4, 0.5) is 24.5 Å². The van der Waals surface area contributed by atoms with Crippen LogP contribution >= 0.6 is 12.2 Å². The number of carbonyl (C=O) groups excluding carboxylic acids is 1. The molecule has 1 aliphatic carbocycles. The maximum absolute atomic E-state index is 13.4. The molecule has 0 bridgehead atoms. The van der Waals surface area contributed by atoms with Crippen LogP contribution in [0.2, 0.25) is 0 Å². The van der Waals surface area contributed by atoms with Gasteiger partial charge < -0.3 is 10.0 Å². The molecule has 1 N–H and O–H groups in total. The number of pyridine rings is 1. The number of thiocarbonyl (C=S) groups is 1. The maximum atomic E-state index is 13.4. The Bertz CT molecular complexity index is 1220. The van der Waals surface area contributed by atoms with E-state index < -0.39 is 34.8 Å². The van der Waals surface area contributed by atoms with Gasteiger partial charge in [0, 0.05) is 5.69 Å². The molecule has 2 heterocycles. The van der Waals surface area contributed by atoms with E-state index in [1.54, 1.807) is 17.9 Å². The van der Waals surface area contributed by atoms with Crippen LogP contribution in [0.1, 0.15) is 46.4 Å². The molecule has 1 amide bonds. The molecule has 11 heteroatoms. The number of aromatic carboxylic acids is 1. The minimum Gasteiger partial charge on any atom is -0.478 e. The van der Waals surface area contributed by atoms with Crippen molar-refractivity contribution in [3.05, 3.63) is 52.8 Å². The highest BCUT2D eigenvalue weighted by Gasteiger charge is 2.59. The van der Waals surface area contributed by atoms with Gasteiger partial charge in [-0.05, 0) is 68.2 Å². The molecule has 4 rings (SSSR count). The van der Waals surface area contributed by atoms with Crippen LogP contribution in [0.25, 0.3) is 0 Å². The van der Waals surface area contributed by atoms with E-state index in [1.165, 1.54) is 18.2 Å². The average Bonchev–Trinajstić information content (AvgIpc) is 2.93. The lowest BCUT2D eigenvalue weighted by molar-refractivity contribution is -0.138. The van der Waals surface area contributed by atoms with E-state index in [4.69, 9.17) is 17.5 Å². The second-order valence-corrected chi connectivity index (χ2v) is 8.01. The largest absolute Gasteiger partial charge is 0.478 e. The maximum Gasteiger partial charge on any atom is 0.419 e. The van der Waals surface area contributed by atoms with Crippen molar-refractivity contribution in [2.45, 2.75) is 37.9 Å². The van der Waals surface area contributed by atoms with Gasteiger partial charge in [0.15, 0.2) is 10.8 Å². The van der Waals surface area contributed by atoms with E-state index in [0.29, 0.717) is 30.2 Å². The number of alkyl halides is 3. The minimum atomic E-state index is -4.84. The number of benzene rings is 1. The number of aryl methyl sites for hydroxylation is 1. The highest BCUT2D eigenvalue weighted by Crippen LogP contribution is 2.48. The number of carbonyl (C=O) groups is 2. The van der Waals surface area contributed by atoms with Gasteiger partial charge in [0.05, 0.1) is 23.0 Å². The van der Waals surface area contributed by atoms with E-state index >= 15 is 0 Å². The van der Waals surface area contributed by atoms with Gasteiger partial charge in [-0.1, -0.05) is 0 Å². The quantitative estimate of drug-likeness (QED) is 0.691. The molecule has 7 nitrogen and oxygen atoms in total. The third-order valence-electron chi connectivity index (χ3n) is 5.83. The molecule has 1 aromatic heterocycles. The summed E-state index contributed by atoms with van der Waals surface area (Å²) in [5.74, 6) is -1.58. The fourth-order valence-corrected chi connectivity index (χ4v) is 4.58. The van der Waals surface area contributed by atoms with E-state index in [9.17, 15) is 27.9 Å². The van der Waals surface area contributed by atoms with Crippen molar-refractivity contribution in [2.75, 3.05) is 9.80 Å². The van der Waals surface area contributed by atoms with Crippen LogP contribution in [0.3, 0.4) is 0 Å². The van der Waals surface area contributed by atoms with Crippen molar-refractivity contribution in [3.8, 4) is 6.07 Å². The normalized spacial score (nSPS) is 17.5. The summed E-state index contributed by atoms with van der Waals surface area (Å²) < 4.78 is 40.3. The standard InChI is InChI=1S/C21H15F3N4O3S/c1-11-7-12(3-4-14(11)17(29)30)28-19(32)27(18(31)20(28)5-2-6-20)13-8-15(21(22,23)24)16(9-25)26-10-13/h3-4,7-8,10H,2,5-6H2,1H3,(H,29,30). The van der Waals surface area contributed by atoms with E-state index in [0.717, 1.165) is 17.5 Å². The summed E-state index contributed by atoms with van der Waals surface area (Å²) in [5, 5.41) is 18.2. The lowest BCUT2D eigenvalue weighted by Crippen LogP contribution is -2.55. The highest BCUT2D eigenvalue weighted by atomic mass is 32.1. The molecule has 0 unspecified atom stereocenters. The van der Waals surface area contributed by atoms with Crippen molar-refractivity contribution >= 4 is 40.6 Å². The number of aromatic nitrogens is 1. The number of hydrogen-bond donors (Lipinski definition) is 1. The predicted molar refractivity (Wildman–Crippen MR) is 111 cm³/mol. The van der Waals surface area contributed by atoms with Crippen LogP contribution in [-0.2, 0) is 11.0 Å². The zero-order valence-corrected chi connectivity index (χ0v) is 17.4. The number of halogens is 3. The lowest BCUT2D eigenvalue weighted by Gasteiger charge is -2.43. The van der Waals surface area contributed by atoms with Crippen LogP contribution in [0, 0.1) is 18.3 Å². The third kappa shape index (κ3) is 3.10. The Morgan fingerprint density at radius 2 is 1.97 bits per heavy atom. The number of carboxylic acids is 1. The molecule has 1 saturated heterocycles. The molecule has 1 aromatic carbocycles. The zero-order chi connectivity index (χ0) is 23.4. The molecule has 0 radical (unpaired) electrons. The Hall–Kier alpha value is -3.52.